The molecule has 0 aliphatic carbocycles. The molecule has 2 rings (SSSR count). The van der Waals surface area contributed by atoms with Crippen molar-refractivity contribution in [2.45, 2.75) is 18.4 Å². The van der Waals surface area contributed by atoms with E-state index in [4.69, 9.17) is 11.5 Å². The van der Waals surface area contributed by atoms with Crippen molar-refractivity contribution >= 4 is 22.4 Å². The molecule has 21 heavy (non-hydrogen) atoms. The topological polar surface area (TPSA) is 86.2 Å². The Labute approximate surface area is 126 Å². The van der Waals surface area contributed by atoms with Crippen molar-refractivity contribution in [2.24, 2.45) is 5.73 Å². The maximum absolute atomic E-state index is 12.3. The van der Waals surface area contributed by atoms with E-state index in [-0.39, 0.29) is 0 Å². The number of primary amides is 1. The lowest BCUT2D eigenvalue weighted by atomic mass is 10.1. The van der Waals surface area contributed by atoms with E-state index in [1.807, 2.05) is 31.2 Å². The molecule has 4 N–H and O–H groups in total. The van der Waals surface area contributed by atoms with Gasteiger partial charge in [0.05, 0.1) is 5.75 Å². The first-order valence-corrected chi connectivity index (χ1v) is 8.04. The summed E-state index contributed by atoms with van der Waals surface area (Å²) in [5.41, 5.74) is 14.9. The zero-order chi connectivity index (χ0) is 15.4. The van der Waals surface area contributed by atoms with E-state index in [0.717, 1.165) is 16.7 Å². The number of amides is 1. The Balaban J connectivity index is 2.10. The minimum absolute atomic E-state index is 0.360. The van der Waals surface area contributed by atoms with Crippen LogP contribution in [0.2, 0.25) is 0 Å². The minimum Gasteiger partial charge on any atom is -0.398 e. The number of nitrogens with two attached hydrogens (primary N) is 2. The molecule has 0 radical (unpaired) electrons. The third-order valence-corrected chi connectivity index (χ3v) is 4.59. The molecule has 0 saturated carbocycles. The first-order valence-electron chi connectivity index (χ1n) is 6.55. The number of rotatable bonds is 5. The molecular weight excluding hydrogens is 284 g/mol. The molecule has 4 nitrogen and oxygen atoms in total. The Morgan fingerprint density at radius 3 is 2.38 bits per heavy atom. The molecule has 0 heterocycles. The monoisotopic (exact) mass is 302 g/mol. The SMILES string of the molecule is Cc1ccccc1CS(=O)Cc1ccc(C(N)=O)cc1N. The number of benzene rings is 2. The maximum Gasteiger partial charge on any atom is 0.248 e. The average Bonchev–Trinajstić information content (AvgIpc) is 2.43. The number of nitrogen functional groups attached to an aromatic ring is 1. The van der Waals surface area contributed by atoms with Gasteiger partial charge in [0.1, 0.15) is 0 Å². The second kappa shape index (κ2) is 6.54. The highest BCUT2D eigenvalue weighted by Gasteiger charge is 2.09. The van der Waals surface area contributed by atoms with Gasteiger partial charge in [-0.05, 0) is 35.7 Å². The average molecular weight is 302 g/mol. The second-order valence-electron chi connectivity index (χ2n) is 4.93. The zero-order valence-electron chi connectivity index (χ0n) is 11.8. The third kappa shape index (κ3) is 3.92. The number of aryl methyl sites for hydroxylation is 1. The number of carbonyl (C=O) groups excluding carboxylic acids is 1. The molecule has 2 aromatic carbocycles. The van der Waals surface area contributed by atoms with Crippen LogP contribution in [0.4, 0.5) is 5.69 Å². The predicted molar refractivity (Wildman–Crippen MR) is 86.1 cm³/mol. The van der Waals surface area contributed by atoms with Gasteiger partial charge in [-0.2, -0.15) is 0 Å². The van der Waals surface area contributed by atoms with Crippen molar-refractivity contribution in [3.63, 3.8) is 0 Å². The first-order chi connectivity index (χ1) is 9.97. The molecule has 0 bridgehead atoms. The molecule has 0 aliphatic heterocycles. The molecule has 1 unspecified atom stereocenters. The number of hydrogen-bond donors (Lipinski definition) is 2. The fraction of sp³-hybridized carbons (Fsp3) is 0.188. The van der Waals surface area contributed by atoms with Crippen LogP contribution in [-0.2, 0) is 22.3 Å². The summed E-state index contributed by atoms with van der Waals surface area (Å²) in [7, 11) is -1.06. The summed E-state index contributed by atoms with van der Waals surface area (Å²) in [6, 6.07) is 12.7. The summed E-state index contributed by atoms with van der Waals surface area (Å²) in [6.45, 7) is 2.00. The van der Waals surface area contributed by atoms with Crippen molar-refractivity contribution in [3.05, 3.63) is 64.7 Å². The Kier molecular flexibility index (Phi) is 4.75. The standard InChI is InChI=1S/C16H18N2O2S/c1-11-4-2-3-5-13(11)9-21(20)10-14-7-6-12(16(18)19)8-15(14)17/h2-8H,9-10,17H2,1H3,(H2,18,19). The molecule has 0 fully saturated rings. The molecule has 2 aromatic rings. The van der Waals surface area contributed by atoms with E-state index in [0.29, 0.717) is 22.8 Å². The summed E-state index contributed by atoms with van der Waals surface area (Å²) in [5.74, 6) is 0.331. The van der Waals surface area contributed by atoms with Crippen LogP contribution in [0, 0.1) is 6.92 Å². The quantitative estimate of drug-likeness (QED) is 0.829. The van der Waals surface area contributed by atoms with Crippen LogP contribution >= 0.6 is 0 Å². The highest BCUT2D eigenvalue weighted by Crippen LogP contribution is 2.18. The molecule has 0 aliphatic rings. The van der Waals surface area contributed by atoms with Crippen molar-refractivity contribution < 1.29 is 9.00 Å². The number of anilines is 1. The van der Waals surface area contributed by atoms with Crippen LogP contribution in [0.5, 0.6) is 0 Å². The van der Waals surface area contributed by atoms with Crippen molar-refractivity contribution in [2.75, 3.05) is 5.73 Å². The van der Waals surface area contributed by atoms with E-state index < -0.39 is 16.7 Å². The normalized spacial score (nSPS) is 12.0. The van der Waals surface area contributed by atoms with Gasteiger partial charge in [-0.15, -0.1) is 0 Å². The smallest absolute Gasteiger partial charge is 0.248 e. The Morgan fingerprint density at radius 1 is 1.10 bits per heavy atom. The van der Waals surface area contributed by atoms with Gasteiger partial charge in [0, 0.05) is 27.8 Å². The fourth-order valence-electron chi connectivity index (χ4n) is 2.05. The number of hydrogen-bond acceptors (Lipinski definition) is 3. The Bertz CT molecular complexity index is 698. The molecular formula is C16H18N2O2S. The van der Waals surface area contributed by atoms with Crippen LogP contribution < -0.4 is 11.5 Å². The summed E-state index contributed by atoms with van der Waals surface area (Å²) >= 11 is 0. The second-order valence-corrected chi connectivity index (χ2v) is 6.39. The Morgan fingerprint density at radius 2 is 1.76 bits per heavy atom. The molecule has 0 aromatic heterocycles. The Hall–Kier alpha value is -2.14. The van der Waals surface area contributed by atoms with Gasteiger partial charge in [-0.1, -0.05) is 30.3 Å². The maximum atomic E-state index is 12.3. The first kappa shape index (κ1) is 15.3. The molecule has 110 valence electrons. The molecule has 1 amide bonds. The van der Waals surface area contributed by atoms with E-state index in [2.05, 4.69) is 0 Å². The van der Waals surface area contributed by atoms with Gasteiger partial charge in [0.2, 0.25) is 5.91 Å². The lowest BCUT2D eigenvalue weighted by Crippen LogP contribution is -2.12. The predicted octanol–water partition coefficient (Wildman–Crippen LogP) is 2.13. The van der Waals surface area contributed by atoms with Crippen LogP contribution in [0.3, 0.4) is 0 Å². The molecule has 0 spiro atoms. The lowest BCUT2D eigenvalue weighted by Gasteiger charge is -2.08. The van der Waals surface area contributed by atoms with Crippen molar-refractivity contribution in [3.8, 4) is 0 Å². The zero-order valence-corrected chi connectivity index (χ0v) is 12.7. The van der Waals surface area contributed by atoms with Crippen LogP contribution in [0.1, 0.15) is 27.0 Å². The summed E-state index contributed by atoms with van der Waals surface area (Å²) in [4.78, 5) is 11.1. The fourth-order valence-corrected chi connectivity index (χ4v) is 3.43. The van der Waals surface area contributed by atoms with Gasteiger partial charge in [0.25, 0.3) is 0 Å². The highest BCUT2D eigenvalue weighted by atomic mass is 32.2. The summed E-state index contributed by atoms with van der Waals surface area (Å²) in [6.07, 6.45) is 0. The molecule has 5 heteroatoms. The van der Waals surface area contributed by atoms with Gasteiger partial charge in [-0.3, -0.25) is 9.00 Å². The van der Waals surface area contributed by atoms with Crippen molar-refractivity contribution in [1.29, 1.82) is 0 Å². The van der Waals surface area contributed by atoms with Gasteiger partial charge in [-0.25, -0.2) is 0 Å². The molecule has 0 saturated heterocycles. The van der Waals surface area contributed by atoms with E-state index in [1.165, 1.54) is 6.07 Å². The summed E-state index contributed by atoms with van der Waals surface area (Å²) < 4.78 is 12.3. The van der Waals surface area contributed by atoms with Gasteiger partial charge >= 0.3 is 0 Å². The van der Waals surface area contributed by atoms with E-state index >= 15 is 0 Å². The minimum atomic E-state index is -1.06. The van der Waals surface area contributed by atoms with Gasteiger partial charge in [0.15, 0.2) is 0 Å². The third-order valence-electron chi connectivity index (χ3n) is 3.32. The lowest BCUT2D eigenvalue weighted by molar-refractivity contribution is 0.100. The summed E-state index contributed by atoms with van der Waals surface area (Å²) in [5, 5.41) is 0. The van der Waals surface area contributed by atoms with Crippen molar-refractivity contribution in [1.82, 2.24) is 0 Å². The largest absolute Gasteiger partial charge is 0.398 e. The van der Waals surface area contributed by atoms with Crippen LogP contribution in [0.15, 0.2) is 42.5 Å². The van der Waals surface area contributed by atoms with E-state index in [1.54, 1.807) is 12.1 Å². The van der Waals surface area contributed by atoms with Crippen LogP contribution in [-0.4, -0.2) is 10.1 Å². The number of carbonyl (C=O) groups is 1. The van der Waals surface area contributed by atoms with Gasteiger partial charge < -0.3 is 11.5 Å². The van der Waals surface area contributed by atoms with E-state index in [9.17, 15) is 9.00 Å². The van der Waals surface area contributed by atoms with Crippen LogP contribution in [0.25, 0.3) is 0 Å². The molecule has 1 atom stereocenters. The highest BCUT2D eigenvalue weighted by molar-refractivity contribution is 7.83.